The van der Waals surface area contributed by atoms with E-state index in [1.54, 1.807) is 0 Å². The molecular formula is C17H35N3. The summed E-state index contributed by atoms with van der Waals surface area (Å²) >= 11 is 0. The van der Waals surface area contributed by atoms with Gasteiger partial charge in [-0.25, -0.2) is 0 Å². The first-order valence-corrected chi connectivity index (χ1v) is 8.87. The summed E-state index contributed by atoms with van der Waals surface area (Å²) in [5.74, 6) is 0. The summed E-state index contributed by atoms with van der Waals surface area (Å²) in [4.78, 5) is 5.29. The van der Waals surface area contributed by atoms with E-state index in [-0.39, 0.29) is 5.54 Å². The van der Waals surface area contributed by atoms with E-state index >= 15 is 0 Å². The number of likely N-dealkylation sites (tertiary alicyclic amines) is 1. The average Bonchev–Trinajstić information content (AvgIpc) is 2.86. The first-order chi connectivity index (χ1) is 9.72. The Morgan fingerprint density at radius 1 is 1.10 bits per heavy atom. The summed E-state index contributed by atoms with van der Waals surface area (Å²) in [5, 5.41) is 0. The quantitative estimate of drug-likeness (QED) is 0.841. The summed E-state index contributed by atoms with van der Waals surface area (Å²) in [7, 11) is 2.33. The molecule has 1 aliphatic carbocycles. The lowest BCUT2D eigenvalue weighted by Crippen LogP contribution is -2.55. The van der Waals surface area contributed by atoms with Crippen LogP contribution in [-0.4, -0.2) is 54.6 Å². The molecule has 2 aliphatic rings. The van der Waals surface area contributed by atoms with Crippen LogP contribution >= 0.6 is 0 Å². The normalized spacial score (nSPS) is 28.5. The summed E-state index contributed by atoms with van der Waals surface area (Å²) in [6.45, 7) is 6.85. The molecule has 0 amide bonds. The number of nitrogens with zero attached hydrogens (tertiary/aromatic N) is 2. The molecule has 20 heavy (non-hydrogen) atoms. The fourth-order valence-electron chi connectivity index (χ4n) is 4.33. The van der Waals surface area contributed by atoms with E-state index in [4.69, 9.17) is 5.73 Å². The minimum Gasteiger partial charge on any atom is -0.329 e. The zero-order valence-corrected chi connectivity index (χ0v) is 13.7. The van der Waals surface area contributed by atoms with Crippen molar-refractivity contribution in [2.75, 3.05) is 33.2 Å². The highest BCUT2D eigenvalue weighted by molar-refractivity contribution is 4.94. The number of rotatable bonds is 5. The monoisotopic (exact) mass is 281 g/mol. The van der Waals surface area contributed by atoms with Crippen molar-refractivity contribution in [3.05, 3.63) is 0 Å². The van der Waals surface area contributed by atoms with Gasteiger partial charge in [-0.05, 0) is 45.8 Å². The van der Waals surface area contributed by atoms with Crippen molar-refractivity contribution >= 4 is 0 Å². The molecule has 3 heteroatoms. The van der Waals surface area contributed by atoms with Crippen molar-refractivity contribution in [3.8, 4) is 0 Å². The summed E-state index contributed by atoms with van der Waals surface area (Å²) in [5.41, 5.74) is 6.53. The van der Waals surface area contributed by atoms with Crippen molar-refractivity contribution < 1.29 is 0 Å². The summed E-state index contributed by atoms with van der Waals surface area (Å²) in [6, 6.07) is 0.763. The standard InChI is InChI=1S/C17H35N3/c1-3-20-13-9-10-16(20)14-19(2)17(15-18)11-7-5-4-6-8-12-17/h16H,3-15,18H2,1-2H3. The number of hydrogen-bond donors (Lipinski definition) is 1. The smallest absolute Gasteiger partial charge is 0.0329 e. The predicted molar refractivity (Wildman–Crippen MR) is 87.0 cm³/mol. The minimum absolute atomic E-state index is 0.280. The second kappa shape index (κ2) is 7.77. The largest absolute Gasteiger partial charge is 0.329 e. The van der Waals surface area contributed by atoms with Gasteiger partial charge in [0.05, 0.1) is 0 Å². The number of likely N-dealkylation sites (N-methyl/N-ethyl adjacent to an activating group) is 2. The van der Waals surface area contributed by atoms with Crippen LogP contribution in [0.4, 0.5) is 0 Å². The van der Waals surface area contributed by atoms with Crippen LogP contribution in [0.1, 0.15) is 64.7 Å². The Morgan fingerprint density at radius 2 is 1.75 bits per heavy atom. The maximum atomic E-state index is 6.25. The van der Waals surface area contributed by atoms with Crippen LogP contribution in [0.25, 0.3) is 0 Å². The van der Waals surface area contributed by atoms with Crippen LogP contribution in [0.3, 0.4) is 0 Å². The molecule has 2 N–H and O–H groups in total. The van der Waals surface area contributed by atoms with E-state index in [0.717, 1.165) is 12.6 Å². The van der Waals surface area contributed by atoms with Crippen molar-refractivity contribution in [2.24, 2.45) is 5.73 Å². The SMILES string of the molecule is CCN1CCCC1CN(C)C1(CN)CCCCCCC1. The molecule has 118 valence electrons. The highest BCUT2D eigenvalue weighted by atomic mass is 15.3. The van der Waals surface area contributed by atoms with Crippen LogP contribution in [0.15, 0.2) is 0 Å². The van der Waals surface area contributed by atoms with Crippen molar-refractivity contribution in [2.45, 2.75) is 76.3 Å². The molecule has 2 rings (SSSR count). The molecule has 1 heterocycles. The van der Waals surface area contributed by atoms with Gasteiger partial charge in [-0.2, -0.15) is 0 Å². The third kappa shape index (κ3) is 3.75. The zero-order chi connectivity index (χ0) is 14.4. The van der Waals surface area contributed by atoms with E-state index in [2.05, 4.69) is 23.8 Å². The van der Waals surface area contributed by atoms with Crippen molar-refractivity contribution in [3.63, 3.8) is 0 Å². The highest BCUT2D eigenvalue weighted by Gasteiger charge is 2.35. The van der Waals surface area contributed by atoms with Gasteiger partial charge in [-0.1, -0.05) is 39.0 Å². The van der Waals surface area contributed by atoms with Gasteiger partial charge >= 0.3 is 0 Å². The maximum absolute atomic E-state index is 6.25. The first kappa shape index (κ1) is 16.3. The Kier molecular flexibility index (Phi) is 6.31. The fourth-order valence-corrected chi connectivity index (χ4v) is 4.33. The highest BCUT2D eigenvalue weighted by Crippen LogP contribution is 2.31. The number of nitrogens with two attached hydrogens (primary N) is 1. The second-order valence-corrected chi connectivity index (χ2v) is 7.00. The number of hydrogen-bond acceptors (Lipinski definition) is 3. The maximum Gasteiger partial charge on any atom is 0.0329 e. The molecule has 0 aromatic carbocycles. The molecule has 2 fully saturated rings. The van der Waals surface area contributed by atoms with E-state index < -0.39 is 0 Å². The van der Waals surface area contributed by atoms with Crippen molar-refractivity contribution in [1.82, 2.24) is 9.80 Å². The van der Waals surface area contributed by atoms with Crippen LogP contribution < -0.4 is 5.73 Å². The molecule has 0 spiro atoms. The third-order valence-corrected chi connectivity index (χ3v) is 5.86. The van der Waals surface area contributed by atoms with Crippen LogP contribution in [0, 0.1) is 0 Å². The Labute approximate surface area is 125 Å². The molecule has 0 aromatic rings. The lowest BCUT2D eigenvalue weighted by atomic mass is 9.82. The van der Waals surface area contributed by atoms with Crippen LogP contribution in [0.5, 0.6) is 0 Å². The molecule has 0 bridgehead atoms. The molecule has 1 atom stereocenters. The van der Waals surface area contributed by atoms with Gasteiger partial charge in [0.2, 0.25) is 0 Å². The minimum atomic E-state index is 0.280. The lowest BCUT2D eigenvalue weighted by Gasteiger charge is -2.44. The van der Waals surface area contributed by atoms with Gasteiger partial charge in [-0.15, -0.1) is 0 Å². The Morgan fingerprint density at radius 3 is 2.35 bits per heavy atom. The molecular weight excluding hydrogens is 246 g/mol. The molecule has 0 radical (unpaired) electrons. The molecule has 1 unspecified atom stereocenters. The zero-order valence-electron chi connectivity index (χ0n) is 13.7. The van der Waals surface area contributed by atoms with E-state index in [1.165, 1.54) is 77.4 Å². The van der Waals surface area contributed by atoms with Gasteiger partial charge in [0.15, 0.2) is 0 Å². The Bertz CT molecular complexity index is 271. The van der Waals surface area contributed by atoms with E-state index in [0.29, 0.717) is 0 Å². The second-order valence-electron chi connectivity index (χ2n) is 7.00. The first-order valence-electron chi connectivity index (χ1n) is 8.87. The average molecular weight is 281 g/mol. The van der Waals surface area contributed by atoms with Crippen LogP contribution in [0.2, 0.25) is 0 Å². The Hall–Kier alpha value is -0.120. The van der Waals surface area contributed by atoms with E-state index in [1.807, 2.05) is 0 Å². The van der Waals surface area contributed by atoms with Gasteiger partial charge in [0.1, 0.15) is 0 Å². The molecule has 1 aliphatic heterocycles. The van der Waals surface area contributed by atoms with Gasteiger partial charge in [-0.3, -0.25) is 9.80 Å². The van der Waals surface area contributed by atoms with E-state index in [9.17, 15) is 0 Å². The van der Waals surface area contributed by atoms with Gasteiger partial charge in [0.25, 0.3) is 0 Å². The molecule has 3 nitrogen and oxygen atoms in total. The predicted octanol–water partition coefficient (Wildman–Crippen LogP) is 2.84. The molecule has 1 saturated heterocycles. The third-order valence-electron chi connectivity index (χ3n) is 5.86. The molecule has 0 aromatic heterocycles. The summed E-state index contributed by atoms with van der Waals surface area (Å²) in [6.07, 6.45) is 12.3. The Balaban J connectivity index is 1.97. The van der Waals surface area contributed by atoms with Crippen molar-refractivity contribution in [1.29, 1.82) is 0 Å². The topological polar surface area (TPSA) is 32.5 Å². The molecule has 1 saturated carbocycles. The lowest BCUT2D eigenvalue weighted by molar-refractivity contribution is 0.0673. The summed E-state index contributed by atoms with van der Waals surface area (Å²) < 4.78 is 0. The van der Waals surface area contributed by atoms with Gasteiger partial charge in [0, 0.05) is 24.7 Å². The van der Waals surface area contributed by atoms with Crippen LogP contribution in [-0.2, 0) is 0 Å². The fraction of sp³-hybridized carbons (Fsp3) is 1.00. The van der Waals surface area contributed by atoms with Gasteiger partial charge < -0.3 is 5.73 Å².